The molecule has 0 bridgehead atoms. The Kier molecular flexibility index (Phi) is 6.90. The van der Waals surface area contributed by atoms with Crippen molar-refractivity contribution in [1.82, 2.24) is 24.7 Å². The van der Waals surface area contributed by atoms with Crippen LogP contribution in [0.4, 0.5) is 0 Å². The maximum atomic E-state index is 13.2. The molecule has 0 radical (unpaired) electrons. The number of aliphatic hydroxyl groups is 1. The second kappa shape index (κ2) is 10.1. The van der Waals surface area contributed by atoms with Gasteiger partial charge in [0.1, 0.15) is 0 Å². The Bertz CT molecular complexity index is 1020. The molecule has 34 heavy (non-hydrogen) atoms. The Morgan fingerprint density at radius 3 is 2.50 bits per heavy atom. The fraction of sp³-hybridized carbons (Fsp3) is 0.615. The van der Waals surface area contributed by atoms with E-state index in [4.69, 9.17) is 0 Å². The number of benzene rings is 1. The number of hydrogen-bond acceptors (Lipinski definition) is 5. The van der Waals surface area contributed by atoms with E-state index in [-0.39, 0.29) is 23.7 Å². The van der Waals surface area contributed by atoms with E-state index < -0.39 is 6.35 Å². The molecule has 2 aromatic rings. The molecule has 8 heteroatoms. The second-order valence-electron chi connectivity index (χ2n) is 10.5. The van der Waals surface area contributed by atoms with E-state index >= 15 is 0 Å². The number of amides is 1. The molecule has 2 saturated heterocycles. The second-order valence-corrected chi connectivity index (χ2v) is 10.5. The summed E-state index contributed by atoms with van der Waals surface area (Å²) in [6.07, 6.45) is 6.83. The van der Waals surface area contributed by atoms with Gasteiger partial charge in [-0.25, -0.2) is 4.79 Å². The van der Waals surface area contributed by atoms with Crippen LogP contribution in [0.3, 0.4) is 0 Å². The average molecular weight is 468 g/mol. The van der Waals surface area contributed by atoms with E-state index in [1.807, 2.05) is 46.3 Å². The number of carbonyl (C=O) groups is 1. The summed E-state index contributed by atoms with van der Waals surface area (Å²) in [5.41, 5.74) is 1.73. The van der Waals surface area contributed by atoms with Crippen LogP contribution in [-0.2, 0) is 4.79 Å². The summed E-state index contributed by atoms with van der Waals surface area (Å²) < 4.78 is 1.80. The molecule has 184 valence electrons. The highest BCUT2D eigenvalue weighted by Gasteiger charge is 2.35. The summed E-state index contributed by atoms with van der Waals surface area (Å²) in [7, 11) is 0. The molecule has 3 N–H and O–H groups in total. The topological polar surface area (TPSA) is 93.6 Å². The molecule has 3 atom stereocenters. The fourth-order valence-electron chi connectivity index (χ4n) is 5.40. The quantitative estimate of drug-likeness (QED) is 0.544. The number of piperidine rings is 1. The Balaban J connectivity index is 1.18. The lowest BCUT2D eigenvalue weighted by atomic mass is 10.00. The highest BCUT2D eigenvalue weighted by atomic mass is 16.3. The number of nitrogens with one attached hydrogen (secondary N) is 2. The van der Waals surface area contributed by atoms with E-state index in [0.29, 0.717) is 24.9 Å². The molecule has 8 nitrogen and oxygen atoms in total. The molecule has 3 heterocycles. The van der Waals surface area contributed by atoms with Gasteiger partial charge >= 0.3 is 5.69 Å². The van der Waals surface area contributed by atoms with Crippen molar-refractivity contribution in [1.29, 1.82) is 0 Å². The number of aromatic amines is 1. The standard InChI is InChI=1S/C26H37N5O3/c1-18-9-12-30(16-19-7-8-19)24(32)22(15-18)27-25(33)29-13-10-21(11-14-29)31-17-23(28-26(31)34)20-5-3-2-4-6-20/h2-6,17-19,21-22,25,27,33H,7-16H2,1H3,(H,28,34)/t18-,22-,25?/m1/s1. The van der Waals surface area contributed by atoms with Crippen LogP contribution in [0, 0.1) is 11.8 Å². The Hall–Kier alpha value is -2.42. The van der Waals surface area contributed by atoms with Crippen molar-refractivity contribution >= 4 is 5.91 Å². The number of H-pyrrole nitrogens is 1. The number of aliphatic hydroxyl groups excluding tert-OH is 1. The van der Waals surface area contributed by atoms with Gasteiger partial charge in [0, 0.05) is 38.4 Å². The van der Waals surface area contributed by atoms with Crippen molar-refractivity contribution < 1.29 is 9.90 Å². The average Bonchev–Trinajstić information content (AvgIpc) is 3.61. The van der Waals surface area contributed by atoms with Crippen LogP contribution in [0.5, 0.6) is 0 Å². The molecule has 0 spiro atoms. The minimum absolute atomic E-state index is 0.0928. The summed E-state index contributed by atoms with van der Waals surface area (Å²) in [5, 5.41) is 14.2. The van der Waals surface area contributed by atoms with Crippen molar-refractivity contribution in [2.45, 2.75) is 63.9 Å². The van der Waals surface area contributed by atoms with E-state index in [0.717, 1.165) is 50.0 Å². The number of nitrogens with zero attached hydrogens (tertiary/aromatic N) is 3. The summed E-state index contributed by atoms with van der Waals surface area (Å²) in [5.74, 6) is 1.25. The van der Waals surface area contributed by atoms with Gasteiger partial charge in [0.15, 0.2) is 6.35 Å². The first-order chi connectivity index (χ1) is 16.5. The monoisotopic (exact) mass is 467 g/mol. The summed E-state index contributed by atoms with van der Waals surface area (Å²) in [4.78, 5) is 32.7. The molecular weight excluding hydrogens is 430 g/mol. The van der Waals surface area contributed by atoms with Crippen molar-refractivity contribution in [3.8, 4) is 11.3 Å². The zero-order valence-electron chi connectivity index (χ0n) is 20.0. The van der Waals surface area contributed by atoms with Gasteiger partial charge in [-0.2, -0.15) is 0 Å². The van der Waals surface area contributed by atoms with Crippen LogP contribution in [0.2, 0.25) is 0 Å². The molecule has 1 aromatic carbocycles. The van der Waals surface area contributed by atoms with Crippen LogP contribution in [0.25, 0.3) is 11.3 Å². The third-order valence-electron chi connectivity index (χ3n) is 7.73. The highest BCUT2D eigenvalue weighted by Crippen LogP contribution is 2.31. The number of carbonyl (C=O) groups excluding carboxylic acids is 1. The molecular formula is C26H37N5O3. The normalized spacial score (nSPS) is 25.9. The fourth-order valence-corrected chi connectivity index (χ4v) is 5.40. The van der Waals surface area contributed by atoms with Gasteiger partial charge in [0.2, 0.25) is 5.91 Å². The lowest BCUT2D eigenvalue weighted by Gasteiger charge is -2.37. The van der Waals surface area contributed by atoms with Gasteiger partial charge in [-0.3, -0.25) is 19.6 Å². The lowest BCUT2D eigenvalue weighted by Crippen LogP contribution is -2.56. The molecule has 1 unspecified atom stereocenters. The Morgan fingerprint density at radius 1 is 1.06 bits per heavy atom. The molecule has 1 amide bonds. The third kappa shape index (κ3) is 5.29. The zero-order valence-corrected chi connectivity index (χ0v) is 20.0. The van der Waals surface area contributed by atoms with Gasteiger partial charge in [-0.15, -0.1) is 0 Å². The minimum Gasteiger partial charge on any atom is -0.365 e. The first-order valence-electron chi connectivity index (χ1n) is 12.8. The Morgan fingerprint density at radius 2 is 1.79 bits per heavy atom. The molecule has 1 aromatic heterocycles. The number of aromatic nitrogens is 2. The van der Waals surface area contributed by atoms with E-state index in [1.165, 1.54) is 12.8 Å². The maximum absolute atomic E-state index is 13.2. The number of likely N-dealkylation sites (tertiary alicyclic amines) is 2. The van der Waals surface area contributed by atoms with Crippen LogP contribution in [-0.4, -0.2) is 68.9 Å². The predicted molar refractivity (Wildman–Crippen MR) is 131 cm³/mol. The SMILES string of the molecule is C[C@@H]1CCN(CC2CC2)C(=O)[C@H](NC(O)N2CCC(n3cc(-c4ccccc4)[nH]c3=O)CC2)C1. The molecule has 1 aliphatic carbocycles. The van der Waals surface area contributed by atoms with Crippen LogP contribution >= 0.6 is 0 Å². The number of rotatable bonds is 7. The van der Waals surface area contributed by atoms with Crippen LogP contribution in [0.1, 0.15) is 51.5 Å². The van der Waals surface area contributed by atoms with Gasteiger partial charge < -0.3 is 15.0 Å². The molecule has 2 aliphatic heterocycles. The lowest BCUT2D eigenvalue weighted by molar-refractivity contribution is -0.136. The molecule has 5 rings (SSSR count). The van der Waals surface area contributed by atoms with Crippen molar-refractivity contribution in [2.24, 2.45) is 11.8 Å². The van der Waals surface area contributed by atoms with Crippen molar-refractivity contribution in [3.63, 3.8) is 0 Å². The molecule has 3 aliphatic rings. The minimum atomic E-state index is -0.856. The van der Waals surface area contributed by atoms with Crippen LogP contribution in [0.15, 0.2) is 41.3 Å². The summed E-state index contributed by atoms with van der Waals surface area (Å²) >= 11 is 0. The van der Waals surface area contributed by atoms with E-state index in [1.54, 1.807) is 4.57 Å². The number of imidazole rings is 1. The smallest absolute Gasteiger partial charge is 0.326 e. The molecule has 3 fully saturated rings. The van der Waals surface area contributed by atoms with Crippen molar-refractivity contribution in [2.75, 3.05) is 26.2 Å². The largest absolute Gasteiger partial charge is 0.365 e. The van der Waals surface area contributed by atoms with Crippen LogP contribution < -0.4 is 11.0 Å². The molecule has 1 saturated carbocycles. The predicted octanol–water partition coefficient (Wildman–Crippen LogP) is 2.38. The highest BCUT2D eigenvalue weighted by molar-refractivity contribution is 5.82. The first-order valence-corrected chi connectivity index (χ1v) is 12.8. The van der Waals surface area contributed by atoms with E-state index in [9.17, 15) is 14.7 Å². The van der Waals surface area contributed by atoms with E-state index in [2.05, 4.69) is 17.2 Å². The number of hydrogen-bond donors (Lipinski definition) is 3. The van der Waals surface area contributed by atoms with Gasteiger partial charge in [-0.1, -0.05) is 37.3 Å². The first kappa shape index (κ1) is 23.3. The summed E-state index contributed by atoms with van der Waals surface area (Å²) in [6, 6.07) is 9.61. The zero-order chi connectivity index (χ0) is 23.7. The maximum Gasteiger partial charge on any atom is 0.326 e. The van der Waals surface area contributed by atoms with Gasteiger partial charge in [0.25, 0.3) is 0 Å². The summed E-state index contributed by atoms with van der Waals surface area (Å²) in [6.45, 7) is 5.21. The van der Waals surface area contributed by atoms with Gasteiger partial charge in [0.05, 0.1) is 11.7 Å². The third-order valence-corrected chi connectivity index (χ3v) is 7.73. The van der Waals surface area contributed by atoms with Crippen molar-refractivity contribution in [3.05, 3.63) is 47.0 Å². The van der Waals surface area contributed by atoms with Gasteiger partial charge in [-0.05, 0) is 55.9 Å². The Labute approximate surface area is 201 Å².